The van der Waals surface area contributed by atoms with E-state index in [1.54, 1.807) is 7.11 Å². The molecule has 1 saturated heterocycles. The fourth-order valence-electron chi connectivity index (χ4n) is 11.7. The molecule has 8 atom stereocenters. The van der Waals surface area contributed by atoms with E-state index < -0.39 is 11.0 Å². The van der Waals surface area contributed by atoms with E-state index in [0.717, 1.165) is 94.8 Å². The number of Topliss-reactive ketones (excluding diaryl/α,β-unsaturated/α-hetero) is 1. The van der Waals surface area contributed by atoms with Gasteiger partial charge in [0.1, 0.15) is 5.75 Å². The van der Waals surface area contributed by atoms with E-state index in [1.165, 1.54) is 0 Å². The van der Waals surface area contributed by atoms with Crippen LogP contribution < -0.4 is 4.74 Å². The summed E-state index contributed by atoms with van der Waals surface area (Å²) in [7, 11) is 1.65. The fraction of sp³-hybridized carbons (Fsp3) is 0.676. The molecule has 2 aliphatic heterocycles. The fourth-order valence-corrected chi connectivity index (χ4v) is 11.7. The van der Waals surface area contributed by atoms with E-state index in [4.69, 9.17) is 9.73 Å². The van der Waals surface area contributed by atoms with Crippen molar-refractivity contribution < 1.29 is 19.7 Å². The molecule has 1 aromatic carbocycles. The zero-order chi connectivity index (χ0) is 30.5. The number of β-amino-alcohol motifs (C(OH)–C–C–N with tert-alkyl or cyclic N) is 1. The molecule has 2 heterocycles. The number of benzene rings is 1. The van der Waals surface area contributed by atoms with Crippen LogP contribution in [0.15, 0.2) is 53.1 Å². The molecule has 6 aliphatic carbocycles. The van der Waals surface area contributed by atoms with Crippen LogP contribution in [0.5, 0.6) is 5.75 Å². The average molecular weight is 600 g/mol. The monoisotopic (exact) mass is 599 g/mol. The van der Waals surface area contributed by atoms with Crippen LogP contribution in [-0.4, -0.2) is 83.3 Å². The van der Waals surface area contributed by atoms with Crippen molar-refractivity contribution in [3.63, 3.8) is 0 Å². The van der Waals surface area contributed by atoms with Crippen molar-refractivity contribution in [1.29, 1.82) is 0 Å². The highest BCUT2D eigenvalue weighted by Gasteiger charge is 2.74. The van der Waals surface area contributed by atoms with Crippen molar-refractivity contribution in [3.8, 4) is 5.75 Å². The molecule has 7 heteroatoms. The molecular formula is C37H49N3O4. The number of aliphatic hydroxyl groups excluding tert-OH is 1. The van der Waals surface area contributed by atoms with Gasteiger partial charge in [-0.1, -0.05) is 32.1 Å². The Bertz CT molecular complexity index is 1450. The normalized spacial score (nSPS) is 43.8. The second kappa shape index (κ2) is 9.68. The molecule has 0 radical (unpaired) electrons. The molecule has 0 aromatic heterocycles. The van der Waals surface area contributed by atoms with Gasteiger partial charge in [0.25, 0.3) is 0 Å². The van der Waals surface area contributed by atoms with Gasteiger partial charge in [0.2, 0.25) is 0 Å². The Morgan fingerprint density at radius 1 is 0.977 bits per heavy atom. The lowest BCUT2D eigenvalue weighted by Crippen LogP contribution is -2.68. The predicted molar refractivity (Wildman–Crippen MR) is 171 cm³/mol. The molecule has 8 aliphatic rings. The van der Waals surface area contributed by atoms with Gasteiger partial charge in [0.15, 0.2) is 11.7 Å². The van der Waals surface area contributed by atoms with Crippen molar-refractivity contribution in [2.45, 2.75) is 83.3 Å². The molecule has 7 nitrogen and oxygen atoms in total. The number of nitrogens with zero attached hydrogens (tertiary/aromatic N) is 3. The largest absolute Gasteiger partial charge is 0.497 e. The number of allylic oxidation sites excluding steroid dienone is 4. The van der Waals surface area contributed by atoms with E-state index in [-0.39, 0.29) is 34.1 Å². The molecule has 2 spiro atoms. The summed E-state index contributed by atoms with van der Waals surface area (Å²) in [6, 6.07) is 7.54. The number of aliphatic imine (C=N–C) groups is 1. The minimum Gasteiger partial charge on any atom is -0.497 e. The van der Waals surface area contributed by atoms with Crippen LogP contribution in [0, 0.1) is 33.5 Å². The Labute approximate surface area is 262 Å². The van der Waals surface area contributed by atoms with Crippen molar-refractivity contribution >= 4 is 11.7 Å². The number of carbonyl (C=O) groups is 1. The molecule has 3 saturated carbocycles. The van der Waals surface area contributed by atoms with Gasteiger partial charge in [-0.25, -0.2) is 0 Å². The zero-order valence-electron chi connectivity index (χ0n) is 26.7. The SMILES string of the molecule is COc1ccc(C(=O)C2=CC34C=CC25C(CCC2(C)C5CCC2(O)CN2CCCN5CCCN=C52)C3(C)CCC(O)C4)cc1. The minimum absolute atomic E-state index is 0.0308. The highest BCUT2D eigenvalue weighted by molar-refractivity contribution is 6.10. The van der Waals surface area contributed by atoms with Crippen molar-refractivity contribution in [2.24, 2.45) is 38.5 Å². The lowest BCUT2D eigenvalue weighted by molar-refractivity contribution is -0.174. The number of ether oxygens (including phenoxy) is 1. The summed E-state index contributed by atoms with van der Waals surface area (Å²) in [5, 5.41) is 23.8. The lowest BCUT2D eigenvalue weighted by Gasteiger charge is -2.71. The third-order valence-electron chi connectivity index (χ3n) is 14.0. The van der Waals surface area contributed by atoms with Crippen LogP contribution in [0.1, 0.15) is 82.0 Å². The van der Waals surface area contributed by atoms with E-state index in [2.05, 4.69) is 41.9 Å². The predicted octanol–water partition coefficient (Wildman–Crippen LogP) is 5.24. The summed E-state index contributed by atoms with van der Waals surface area (Å²) in [5.74, 6) is 2.36. The third-order valence-corrected chi connectivity index (χ3v) is 14.0. The number of guanidine groups is 1. The quantitative estimate of drug-likeness (QED) is 0.356. The van der Waals surface area contributed by atoms with Gasteiger partial charge in [0.05, 0.1) is 25.4 Å². The average Bonchev–Trinajstić information content (AvgIpc) is 3.30. The van der Waals surface area contributed by atoms with E-state index in [9.17, 15) is 15.0 Å². The van der Waals surface area contributed by atoms with E-state index in [0.29, 0.717) is 24.4 Å². The summed E-state index contributed by atoms with van der Waals surface area (Å²) in [6.45, 7) is 9.31. The van der Waals surface area contributed by atoms with Crippen LogP contribution >= 0.6 is 0 Å². The molecule has 236 valence electrons. The Morgan fingerprint density at radius 3 is 2.50 bits per heavy atom. The number of carbonyl (C=O) groups excluding carboxylic acids is 1. The van der Waals surface area contributed by atoms with Crippen LogP contribution in [0.3, 0.4) is 0 Å². The second-order valence-electron chi connectivity index (χ2n) is 15.7. The Balaban J connectivity index is 1.22. The molecule has 44 heavy (non-hydrogen) atoms. The maximum absolute atomic E-state index is 14.7. The maximum atomic E-state index is 14.7. The maximum Gasteiger partial charge on any atom is 0.196 e. The van der Waals surface area contributed by atoms with E-state index in [1.807, 2.05) is 24.3 Å². The molecule has 2 N–H and O–H groups in total. The van der Waals surface area contributed by atoms with E-state index >= 15 is 0 Å². The molecule has 2 bridgehead atoms. The number of hydrogen-bond donors (Lipinski definition) is 2. The topological polar surface area (TPSA) is 85.6 Å². The number of ketones is 1. The van der Waals surface area contributed by atoms with Crippen molar-refractivity contribution in [3.05, 3.63) is 53.6 Å². The number of methoxy groups -OCH3 is 1. The summed E-state index contributed by atoms with van der Waals surface area (Å²) < 4.78 is 5.40. The molecule has 9 rings (SSSR count). The van der Waals surface area contributed by atoms with Crippen LogP contribution in [0.2, 0.25) is 0 Å². The van der Waals surface area contributed by atoms with Gasteiger partial charge >= 0.3 is 0 Å². The zero-order valence-corrected chi connectivity index (χ0v) is 26.7. The van der Waals surface area contributed by atoms with Crippen LogP contribution in [0.4, 0.5) is 0 Å². The second-order valence-corrected chi connectivity index (χ2v) is 15.7. The smallest absolute Gasteiger partial charge is 0.196 e. The van der Waals surface area contributed by atoms with Crippen molar-refractivity contribution in [1.82, 2.24) is 9.80 Å². The summed E-state index contributed by atoms with van der Waals surface area (Å²) in [4.78, 5) is 24.5. The standard InChI is InChI=1S/C37H49N3O4/c1-33-13-10-26(41)22-35(33)16-17-37(28(23-35)31(42)25-6-8-27(44-3)9-7-25)29(33)11-14-34(2)30(37)12-15-36(34,43)24-40-21-5-20-39-19-4-18-38-32(39)40/h6-9,16-17,23,26,29-30,41,43H,4-5,10-15,18-22,24H2,1-3H3. The number of rotatable bonds is 5. The number of fused-ring (bicyclic) bond motifs is 2. The Hall–Kier alpha value is -2.64. The van der Waals surface area contributed by atoms with Gasteiger partial charge in [-0.3, -0.25) is 9.79 Å². The molecule has 8 unspecified atom stereocenters. The number of hydrogen-bond acceptors (Lipinski definition) is 7. The Morgan fingerprint density at radius 2 is 1.70 bits per heavy atom. The minimum atomic E-state index is -0.863. The first-order chi connectivity index (χ1) is 21.1. The van der Waals surface area contributed by atoms with Gasteiger partial charge in [-0.05, 0) is 99.3 Å². The summed E-state index contributed by atoms with van der Waals surface area (Å²) in [6.07, 6.45) is 15.0. The molecular weight excluding hydrogens is 550 g/mol. The van der Waals surface area contributed by atoms with Gasteiger partial charge in [0, 0.05) is 53.6 Å². The highest BCUT2D eigenvalue weighted by atomic mass is 16.5. The molecule has 0 amide bonds. The molecule has 1 aromatic rings. The van der Waals surface area contributed by atoms with Gasteiger partial charge in [-0.2, -0.15) is 0 Å². The first-order valence-corrected chi connectivity index (χ1v) is 17.2. The van der Waals surface area contributed by atoms with Gasteiger partial charge < -0.3 is 24.7 Å². The van der Waals surface area contributed by atoms with Gasteiger partial charge in [-0.15, -0.1) is 0 Å². The first-order valence-electron chi connectivity index (χ1n) is 17.2. The van der Waals surface area contributed by atoms with Crippen molar-refractivity contribution in [2.75, 3.05) is 39.8 Å². The Kier molecular flexibility index (Phi) is 6.34. The number of aliphatic hydroxyl groups is 2. The highest BCUT2D eigenvalue weighted by Crippen LogP contribution is 2.78. The van der Waals surface area contributed by atoms with Crippen LogP contribution in [0.25, 0.3) is 0 Å². The summed E-state index contributed by atoms with van der Waals surface area (Å²) in [5.41, 5.74) is -0.411. The lowest BCUT2D eigenvalue weighted by atomic mass is 9.32. The first kappa shape index (κ1) is 28.8. The molecule has 4 fully saturated rings. The van der Waals surface area contributed by atoms with Crippen LogP contribution in [-0.2, 0) is 0 Å². The summed E-state index contributed by atoms with van der Waals surface area (Å²) >= 11 is 0. The third kappa shape index (κ3) is 3.63.